The first-order valence-electron chi connectivity index (χ1n) is 4.37. The Morgan fingerprint density at radius 2 is 2.20 bits per heavy atom. The first-order valence-corrected chi connectivity index (χ1v) is 4.37. The Morgan fingerprint density at radius 3 is 3.00 bits per heavy atom. The number of rotatable bonds is 1. The van der Waals surface area contributed by atoms with Crippen molar-refractivity contribution in [3.63, 3.8) is 0 Å². The average Bonchev–Trinajstić information content (AvgIpc) is 2.44. The Bertz CT molecular complexity index is 124. The van der Waals surface area contributed by atoms with Crippen LogP contribution >= 0.6 is 0 Å². The molecule has 0 amide bonds. The molecule has 0 aromatic carbocycles. The van der Waals surface area contributed by atoms with Crippen LogP contribution in [-0.2, 0) is 0 Å². The van der Waals surface area contributed by atoms with Crippen LogP contribution in [0.4, 0.5) is 0 Å². The molecular formula is C8H16N2. The molecule has 2 fully saturated rings. The van der Waals surface area contributed by atoms with Gasteiger partial charge in [0.15, 0.2) is 0 Å². The van der Waals surface area contributed by atoms with Crippen LogP contribution < -0.4 is 5.73 Å². The number of fused-ring (bicyclic) bond motifs is 1. The second-order valence-corrected chi connectivity index (χ2v) is 3.50. The molecule has 0 bridgehead atoms. The van der Waals surface area contributed by atoms with Gasteiger partial charge in [-0.1, -0.05) is 0 Å². The van der Waals surface area contributed by atoms with E-state index in [2.05, 4.69) is 4.90 Å². The van der Waals surface area contributed by atoms with Gasteiger partial charge in [-0.3, -0.25) is 4.90 Å². The third kappa shape index (κ3) is 0.867. The largest absolute Gasteiger partial charge is 0.329 e. The third-order valence-electron chi connectivity index (χ3n) is 3.00. The molecule has 0 radical (unpaired) electrons. The first kappa shape index (κ1) is 6.62. The number of hydrogen-bond acceptors (Lipinski definition) is 2. The van der Waals surface area contributed by atoms with Crippen LogP contribution in [-0.4, -0.2) is 30.1 Å². The van der Waals surface area contributed by atoms with Crippen LogP contribution in [0.1, 0.15) is 25.7 Å². The van der Waals surface area contributed by atoms with Crippen molar-refractivity contribution < 1.29 is 0 Å². The summed E-state index contributed by atoms with van der Waals surface area (Å²) in [6.45, 7) is 2.18. The summed E-state index contributed by atoms with van der Waals surface area (Å²) >= 11 is 0. The summed E-state index contributed by atoms with van der Waals surface area (Å²) in [4.78, 5) is 2.61. The molecule has 2 N–H and O–H groups in total. The van der Waals surface area contributed by atoms with Crippen molar-refractivity contribution in [3.05, 3.63) is 0 Å². The van der Waals surface area contributed by atoms with Crippen LogP contribution in [0.5, 0.6) is 0 Å². The topological polar surface area (TPSA) is 29.3 Å². The minimum Gasteiger partial charge on any atom is -0.329 e. The zero-order chi connectivity index (χ0) is 6.97. The fourth-order valence-corrected chi connectivity index (χ4v) is 2.45. The highest BCUT2D eigenvalue weighted by atomic mass is 15.2. The molecule has 0 saturated carbocycles. The second kappa shape index (κ2) is 2.51. The lowest BCUT2D eigenvalue weighted by Crippen LogP contribution is -2.36. The molecule has 0 aliphatic carbocycles. The standard InChI is InChI=1S/C8H16N2/c9-6-8-4-3-7-2-1-5-10(7)8/h7-8H,1-6,9H2. The molecule has 2 rings (SSSR count). The maximum atomic E-state index is 5.65. The van der Waals surface area contributed by atoms with Gasteiger partial charge in [0.05, 0.1) is 0 Å². The molecule has 0 aromatic heterocycles. The minimum atomic E-state index is 0.729. The Balaban J connectivity index is 2.01. The third-order valence-corrected chi connectivity index (χ3v) is 3.00. The molecule has 2 heteroatoms. The van der Waals surface area contributed by atoms with Gasteiger partial charge < -0.3 is 5.73 Å². The van der Waals surface area contributed by atoms with Crippen molar-refractivity contribution >= 4 is 0 Å². The molecule has 10 heavy (non-hydrogen) atoms. The molecule has 0 aromatic rings. The fourth-order valence-electron chi connectivity index (χ4n) is 2.45. The zero-order valence-electron chi connectivity index (χ0n) is 6.42. The van der Waals surface area contributed by atoms with Crippen molar-refractivity contribution in [1.29, 1.82) is 0 Å². The van der Waals surface area contributed by atoms with Crippen LogP contribution in [0.25, 0.3) is 0 Å². The average molecular weight is 140 g/mol. The van der Waals surface area contributed by atoms with Crippen LogP contribution in [0.3, 0.4) is 0 Å². The van der Waals surface area contributed by atoms with Gasteiger partial charge in [-0.25, -0.2) is 0 Å². The molecule has 58 valence electrons. The maximum Gasteiger partial charge on any atom is 0.0221 e. The lowest BCUT2D eigenvalue weighted by Gasteiger charge is -2.21. The summed E-state index contributed by atoms with van der Waals surface area (Å²) in [6, 6.07) is 1.64. The van der Waals surface area contributed by atoms with Gasteiger partial charge in [-0.2, -0.15) is 0 Å². The van der Waals surface area contributed by atoms with Crippen molar-refractivity contribution in [1.82, 2.24) is 4.90 Å². The number of nitrogens with zero attached hydrogens (tertiary/aromatic N) is 1. The number of hydrogen-bond donors (Lipinski definition) is 1. The Morgan fingerprint density at radius 1 is 1.30 bits per heavy atom. The van der Waals surface area contributed by atoms with Gasteiger partial charge in [0.1, 0.15) is 0 Å². The van der Waals surface area contributed by atoms with E-state index in [1.165, 1.54) is 32.2 Å². The smallest absolute Gasteiger partial charge is 0.0221 e. The molecule has 2 nitrogen and oxygen atoms in total. The SMILES string of the molecule is NCC1CCC2CCCN12. The predicted octanol–water partition coefficient (Wildman–Crippen LogP) is 0.572. The van der Waals surface area contributed by atoms with Gasteiger partial charge in [-0.05, 0) is 32.2 Å². The van der Waals surface area contributed by atoms with E-state index in [0.29, 0.717) is 0 Å². The number of nitrogens with two attached hydrogens (primary N) is 1. The lowest BCUT2D eigenvalue weighted by atomic mass is 10.1. The highest BCUT2D eigenvalue weighted by Gasteiger charge is 2.35. The van der Waals surface area contributed by atoms with E-state index in [1.54, 1.807) is 0 Å². The maximum absolute atomic E-state index is 5.65. The normalized spacial score (nSPS) is 40.5. The second-order valence-electron chi connectivity index (χ2n) is 3.50. The summed E-state index contributed by atoms with van der Waals surface area (Å²) < 4.78 is 0. The summed E-state index contributed by atoms with van der Waals surface area (Å²) in [5.41, 5.74) is 5.65. The van der Waals surface area contributed by atoms with E-state index in [-0.39, 0.29) is 0 Å². The van der Waals surface area contributed by atoms with Crippen molar-refractivity contribution in [3.8, 4) is 0 Å². The van der Waals surface area contributed by atoms with Crippen molar-refractivity contribution in [2.24, 2.45) is 5.73 Å². The van der Waals surface area contributed by atoms with Crippen LogP contribution in [0.15, 0.2) is 0 Å². The molecule has 2 atom stereocenters. The lowest BCUT2D eigenvalue weighted by molar-refractivity contribution is 0.250. The van der Waals surface area contributed by atoms with Gasteiger partial charge in [-0.15, -0.1) is 0 Å². The van der Waals surface area contributed by atoms with E-state index < -0.39 is 0 Å². The molecule has 2 unspecified atom stereocenters. The van der Waals surface area contributed by atoms with Crippen LogP contribution in [0, 0.1) is 0 Å². The minimum absolute atomic E-state index is 0.729. The van der Waals surface area contributed by atoms with Crippen LogP contribution in [0.2, 0.25) is 0 Å². The summed E-state index contributed by atoms with van der Waals surface area (Å²) in [7, 11) is 0. The van der Waals surface area contributed by atoms with Crippen molar-refractivity contribution in [2.75, 3.05) is 13.1 Å². The fraction of sp³-hybridized carbons (Fsp3) is 1.00. The quantitative estimate of drug-likeness (QED) is 0.577. The highest BCUT2D eigenvalue weighted by molar-refractivity contribution is 4.91. The molecule has 2 saturated heterocycles. The van der Waals surface area contributed by atoms with Gasteiger partial charge in [0.25, 0.3) is 0 Å². The van der Waals surface area contributed by atoms with Gasteiger partial charge in [0.2, 0.25) is 0 Å². The molecule has 2 heterocycles. The summed E-state index contributed by atoms with van der Waals surface area (Å²) in [5, 5.41) is 0. The Hall–Kier alpha value is -0.0800. The monoisotopic (exact) mass is 140 g/mol. The zero-order valence-corrected chi connectivity index (χ0v) is 6.42. The Kier molecular flexibility index (Phi) is 1.66. The Labute approximate surface area is 62.4 Å². The molecule has 2 aliphatic rings. The molecular weight excluding hydrogens is 124 g/mol. The van der Waals surface area contributed by atoms with E-state index in [0.717, 1.165) is 18.6 Å². The first-order chi connectivity index (χ1) is 4.92. The van der Waals surface area contributed by atoms with Gasteiger partial charge in [0, 0.05) is 18.6 Å². The van der Waals surface area contributed by atoms with Gasteiger partial charge >= 0.3 is 0 Å². The predicted molar refractivity (Wildman–Crippen MR) is 41.8 cm³/mol. The van der Waals surface area contributed by atoms with E-state index in [1.807, 2.05) is 0 Å². The van der Waals surface area contributed by atoms with E-state index in [4.69, 9.17) is 5.73 Å². The molecule has 2 aliphatic heterocycles. The van der Waals surface area contributed by atoms with E-state index >= 15 is 0 Å². The highest BCUT2D eigenvalue weighted by Crippen LogP contribution is 2.31. The summed E-state index contributed by atoms with van der Waals surface area (Å²) in [5.74, 6) is 0. The van der Waals surface area contributed by atoms with Crippen molar-refractivity contribution in [2.45, 2.75) is 37.8 Å². The summed E-state index contributed by atoms with van der Waals surface area (Å²) in [6.07, 6.45) is 5.58. The molecule has 0 spiro atoms. The van der Waals surface area contributed by atoms with E-state index in [9.17, 15) is 0 Å².